The summed E-state index contributed by atoms with van der Waals surface area (Å²) in [5, 5.41) is 1.04. The highest BCUT2D eigenvalue weighted by molar-refractivity contribution is 5.87. The summed E-state index contributed by atoms with van der Waals surface area (Å²) in [4.78, 5) is 14.2. The number of hydrogen-bond acceptors (Lipinski definition) is 3. The molecule has 5 rings (SSSR count). The largest absolute Gasteiger partial charge is 0.444 e. The van der Waals surface area contributed by atoms with Gasteiger partial charge >= 0.3 is 5.63 Å². The Balaban J connectivity index is 1.63. The third-order valence-electron chi connectivity index (χ3n) is 6.03. The zero-order valence-electron chi connectivity index (χ0n) is 15.8. The average Bonchev–Trinajstić information content (AvgIpc) is 3.52. The smallest absolute Gasteiger partial charge is 0.340 e. The van der Waals surface area contributed by atoms with Crippen molar-refractivity contribution in [3.05, 3.63) is 74.6 Å². The van der Waals surface area contributed by atoms with Gasteiger partial charge in [-0.25, -0.2) is 4.79 Å². The predicted octanol–water partition coefficient (Wildman–Crippen LogP) is 2.90. The van der Waals surface area contributed by atoms with Gasteiger partial charge < -0.3 is 9.15 Å². The van der Waals surface area contributed by atoms with E-state index in [1.807, 2.05) is 44.2 Å². The van der Waals surface area contributed by atoms with Gasteiger partial charge in [0.05, 0.1) is 6.04 Å². The van der Waals surface area contributed by atoms with E-state index in [9.17, 15) is 4.79 Å². The van der Waals surface area contributed by atoms with E-state index in [0.717, 1.165) is 46.0 Å². The highest BCUT2D eigenvalue weighted by Crippen LogP contribution is 2.34. The van der Waals surface area contributed by atoms with Crippen molar-refractivity contribution in [1.29, 1.82) is 0 Å². The van der Waals surface area contributed by atoms with Gasteiger partial charge in [0.1, 0.15) is 17.9 Å². The SMILES string of the molecule is Cc1c(Cc2ccccc2)c(=O)oc2c(C)c3c(cc12)C[NH+](C1CC1)CO3. The van der Waals surface area contributed by atoms with Gasteiger partial charge in [-0.05, 0) is 31.0 Å². The molecule has 1 unspecified atom stereocenters. The van der Waals surface area contributed by atoms with Crippen molar-refractivity contribution in [2.45, 2.75) is 45.7 Å². The molecule has 0 radical (unpaired) electrons. The van der Waals surface area contributed by atoms with Crippen molar-refractivity contribution in [2.75, 3.05) is 6.73 Å². The van der Waals surface area contributed by atoms with Gasteiger partial charge in [0.2, 0.25) is 6.73 Å². The van der Waals surface area contributed by atoms with Crippen molar-refractivity contribution >= 4 is 11.0 Å². The van der Waals surface area contributed by atoms with Crippen LogP contribution in [0.3, 0.4) is 0 Å². The number of nitrogens with one attached hydrogen (secondary N) is 1. The highest BCUT2D eigenvalue weighted by Gasteiger charge is 2.37. The van der Waals surface area contributed by atoms with Crippen molar-refractivity contribution in [2.24, 2.45) is 0 Å². The minimum atomic E-state index is -0.243. The second kappa shape index (κ2) is 6.24. The number of ether oxygens (including phenoxy) is 1. The van der Waals surface area contributed by atoms with Crippen LogP contribution in [0.2, 0.25) is 0 Å². The summed E-state index contributed by atoms with van der Waals surface area (Å²) >= 11 is 0. The normalized spacial score (nSPS) is 19.0. The van der Waals surface area contributed by atoms with E-state index in [1.165, 1.54) is 23.3 Å². The van der Waals surface area contributed by atoms with E-state index in [2.05, 4.69) is 6.07 Å². The lowest BCUT2D eigenvalue weighted by Crippen LogP contribution is -3.13. The third kappa shape index (κ3) is 2.85. The molecule has 1 aromatic heterocycles. The molecule has 27 heavy (non-hydrogen) atoms. The van der Waals surface area contributed by atoms with Gasteiger partial charge in [0, 0.05) is 41.3 Å². The van der Waals surface area contributed by atoms with Gasteiger partial charge in [0.15, 0.2) is 0 Å². The van der Waals surface area contributed by atoms with E-state index in [-0.39, 0.29) is 5.63 Å². The summed E-state index contributed by atoms with van der Waals surface area (Å²) < 4.78 is 11.9. The molecule has 1 aliphatic carbocycles. The Morgan fingerprint density at radius 2 is 1.89 bits per heavy atom. The van der Waals surface area contributed by atoms with Crippen LogP contribution in [0.1, 0.15) is 40.7 Å². The Bertz CT molecular complexity index is 1080. The number of hydrogen-bond donors (Lipinski definition) is 1. The van der Waals surface area contributed by atoms with E-state index in [0.29, 0.717) is 18.7 Å². The zero-order chi connectivity index (χ0) is 18.5. The van der Waals surface area contributed by atoms with Crippen LogP contribution in [-0.4, -0.2) is 12.8 Å². The lowest BCUT2D eigenvalue weighted by Gasteiger charge is -2.27. The van der Waals surface area contributed by atoms with Crippen LogP contribution in [0.15, 0.2) is 45.6 Å². The number of aryl methyl sites for hydroxylation is 2. The van der Waals surface area contributed by atoms with Gasteiger partial charge in [0.25, 0.3) is 0 Å². The second-order valence-corrected chi connectivity index (χ2v) is 7.92. The molecule has 0 spiro atoms. The topological polar surface area (TPSA) is 43.9 Å². The van der Waals surface area contributed by atoms with Crippen LogP contribution in [-0.2, 0) is 13.0 Å². The molecule has 0 saturated heterocycles. The lowest BCUT2D eigenvalue weighted by atomic mass is 9.96. The molecular weight excluding hydrogens is 338 g/mol. The Hall–Kier alpha value is -2.59. The molecule has 1 N–H and O–H groups in total. The molecule has 2 aromatic carbocycles. The fraction of sp³-hybridized carbons (Fsp3) is 0.348. The Labute approximate surface area is 158 Å². The molecular formula is C23H24NO3+. The minimum Gasteiger partial charge on any atom is -0.444 e. The summed E-state index contributed by atoms with van der Waals surface area (Å²) in [6.45, 7) is 5.74. The first-order chi connectivity index (χ1) is 13.1. The first kappa shape index (κ1) is 16.6. The summed E-state index contributed by atoms with van der Waals surface area (Å²) in [6, 6.07) is 13.0. The summed E-state index contributed by atoms with van der Waals surface area (Å²) in [6.07, 6.45) is 3.20. The summed E-state index contributed by atoms with van der Waals surface area (Å²) in [5.74, 6) is 0.908. The maximum atomic E-state index is 12.7. The molecule has 4 nitrogen and oxygen atoms in total. The van der Waals surface area contributed by atoms with Crippen molar-refractivity contribution in [3.8, 4) is 5.75 Å². The van der Waals surface area contributed by atoms with Crippen molar-refractivity contribution < 1.29 is 14.1 Å². The van der Waals surface area contributed by atoms with E-state index >= 15 is 0 Å². The van der Waals surface area contributed by atoms with Crippen molar-refractivity contribution in [3.63, 3.8) is 0 Å². The maximum absolute atomic E-state index is 12.7. The summed E-state index contributed by atoms with van der Waals surface area (Å²) in [5.41, 5.74) is 5.50. The van der Waals surface area contributed by atoms with Gasteiger partial charge in [-0.15, -0.1) is 0 Å². The first-order valence-electron chi connectivity index (χ1n) is 9.72. The Kier molecular flexibility index (Phi) is 3.83. The lowest BCUT2D eigenvalue weighted by molar-refractivity contribution is -0.943. The molecule has 138 valence electrons. The summed E-state index contributed by atoms with van der Waals surface area (Å²) in [7, 11) is 0. The number of benzene rings is 2. The van der Waals surface area contributed by atoms with Gasteiger partial charge in [-0.3, -0.25) is 4.90 Å². The fourth-order valence-electron chi connectivity index (χ4n) is 4.28. The molecule has 3 aromatic rings. The molecule has 0 bridgehead atoms. The monoisotopic (exact) mass is 362 g/mol. The second-order valence-electron chi connectivity index (χ2n) is 7.92. The number of quaternary nitrogens is 1. The van der Waals surface area contributed by atoms with E-state index < -0.39 is 0 Å². The molecule has 1 atom stereocenters. The number of rotatable bonds is 3. The Morgan fingerprint density at radius 3 is 2.63 bits per heavy atom. The first-order valence-corrected chi connectivity index (χ1v) is 9.72. The fourth-order valence-corrected chi connectivity index (χ4v) is 4.28. The number of fused-ring (bicyclic) bond motifs is 2. The van der Waals surface area contributed by atoms with Gasteiger partial charge in [-0.1, -0.05) is 30.3 Å². The standard InChI is InChI=1S/C23H23NO3/c1-14-19-11-17-12-24(18-8-9-18)13-26-21(17)15(2)22(19)27-23(25)20(14)10-16-6-4-3-5-7-16/h3-7,11,18H,8-10,12-13H2,1-2H3/p+1. The minimum absolute atomic E-state index is 0.243. The maximum Gasteiger partial charge on any atom is 0.340 e. The predicted molar refractivity (Wildman–Crippen MR) is 104 cm³/mol. The molecule has 2 aliphatic rings. The van der Waals surface area contributed by atoms with E-state index in [4.69, 9.17) is 9.15 Å². The molecule has 1 fully saturated rings. The van der Waals surface area contributed by atoms with Crippen molar-refractivity contribution in [1.82, 2.24) is 0 Å². The molecule has 2 heterocycles. The van der Waals surface area contributed by atoms with Crippen LogP contribution >= 0.6 is 0 Å². The Morgan fingerprint density at radius 1 is 1.11 bits per heavy atom. The average molecular weight is 362 g/mol. The molecule has 1 aliphatic heterocycles. The highest BCUT2D eigenvalue weighted by atomic mass is 16.5. The molecule has 4 heteroatoms. The third-order valence-corrected chi connectivity index (χ3v) is 6.03. The van der Waals surface area contributed by atoms with Crippen LogP contribution in [0.5, 0.6) is 5.75 Å². The van der Waals surface area contributed by atoms with E-state index in [1.54, 1.807) is 0 Å². The quantitative estimate of drug-likeness (QED) is 0.729. The molecule has 0 amide bonds. The van der Waals surface area contributed by atoms with Crippen LogP contribution in [0, 0.1) is 13.8 Å². The van der Waals surface area contributed by atoms with Crippen LogP contribution in [0.4, 0.5) is 0 Å². The van der Waals surface area contributed by atoms with Crippen LogP contribution < -0.4 is 15.3 Å². The molecule has 1 saturated carbocycles. The van der Waals surface area contributed by atoms with Gasteiger partial charge in [-0.2, -0.15) is 0 Å². The van der Waals surface area contributed by atoms with Crippen LogP contribution in [0.25, 0.3) is 11.0 Å². The zero-order valence-corrected chi connectivity index (χ0v) is 15.8.